The Bertz CT molecular complexity index is 1360. The second-order valence-corrected chi connectivity index (χ2v) is 11.1. The number of aryl methyl sites for hydroxylation is 1. The van der Waals surface area contributed by atoms with Crippen LogP contribution in [0.1, 0.15) is 31.7 Å². The third-order valence-electron chi connectivity index (χ3n) is 5.99. The lowest BCUT2D eigenvalue weighted by Crippen LogP contribution is -2.35. The van der Waals surface area contributed by atoms with E-state index in [0.29, 0.717) is 34.7 Å². The van der Waals surface area contributed by atoms with Gasteiger partial charge in [0.05, 0.1) is 17.6 Å². The molecule has 11 heteroatoms. The quantitative estimate of drug-likeness (QED) is 0.397. The fourth-order valence-electron chi connectivity index (χ4n) is 3.98. The second-order valence-electron chi connectivity index (χ2n) is 8.34. The molecule has 1 unspecified atom stereocenters. The molecule has 1 aromatic carbocycles. The summed E-state index contributed by atoms with van der Waals surface area (Å²) < 4.78 is 25.3. The molecule has 0 spiro atoms. The monoisotopic (exact) mass is 499 g/mol. The molecule has 2 aliphatic rings. The van der Waals surface area contributed by atoms with Crippen LogP contribution in [0.2, 0.25) is 0 Å². The van der Waals surface area contributed by atoms with E-state index >= 15 is 0 Å². The van der Waals surface area contributed by atoms with E-state index in [-0.39, 0.29) is 23.8 Å². The van der Waals surface area contributed by atoms with E-state index in [0.717, 1.165) is 24.9 Å². The minimum atomic E-state index is -3.71. The SMILES string of the molecule is CCOP1(=O)N=C(c2c(O)c(-c3ccsc3)nn(CCC3CC3)c2=O)Nc2ccc(NC)cc21. The highest BCUT2D eigenvalue weighted by atomic mass is 32.1. The molecule has 0 amide bonds. The Morgan fingerprint density at radius 2 is 2.18 bits per heavy atom. The fraction of sp³-hybridized carbons (Fsp3) is 0.348. The molecular weight excluding hydrogens is 473 g/mol. The number of fused-ring (bicyclic) bond motifs is 1. The minimum absolute atomic E-state index is 0.0167. The largest absolute Gasteiger partial charge is 0.505 e. The molecule has 0 radical (unpaired) electrons. The molecule has 34 heavy (non-hydrogen) atoms. The van der Waals surface area contributed by atoms with Crippen LogP contribution in [0.3, 0.4) is 0 Å². The van der Waals surface area contributed by atoms with Crippen molar-refractivity contribution in [2.45, 2.75) is 32.7 Å². The van der Waals surface area contributed by atoms with Crippen LogP contribution in [0.25, 0.3) is 11.3 Å². The maximum Gasteiger partial charge on any atom is 0.348 e. The Hall–Kier alpha value is -2.94. The number of aromatic hydroxyl groups is 1. The third-order valence-corrected chi connectivity index (χ3v) is 8.72. The Morgan fingerprint density at radius 1 is 1.35 bits per heavy atom. The highest BCUT2D eigenvalue weighted by molar-refractivity contribution is 7.66. The lowest BCUT2D eigenvalue weighted by Gasteiger charge is -2.26. The number of nitrogens with zero attached hydrogens (tertiary/aromatic N) is 3. The average molecular weight is 500 g/mol. The van der Waals surface area contributed by atoms with Gasteiger partial charge in [-0.05, 0) is 48.9 Å². The molecule has 0 bridgehead atoms. The van der Waals surface area contributed by atoms with Gasteiger partial charge in [0.15, 0.2) is 11.6 Å². The van der Waals surface area contributed by atoms with E-state index in [1.54, 1.807) is 26.1 Å². The zero-order valence-electron chi connectivity index (χ0n) is 18.9. The molecule has 1 aliphatic carbocycles. The summed E-state index contributed by atoms with van der Waals surface area (Å²) in [5, 5.41) is 26.0. The molecule has 3 heterocycles. The van der Waals surface area contributed by atoms with Crippen LogP contribution in [0.5, 0.6) is 5.75 Å². The molecule has 3 aromatic rings. The van der Waals surface area contributed by atoms with Crippen molar-refractivity contribution < 1.29 is 14.2 Å². The minimum Gasteiger partial charge on any atom is -0.505 e. The van der Waals surface area contributed by atoms with Crippen LogP contribution in [-0.2, 0) is 15.6 Å². The van der Waals surface area contributed by atoms with Crippen LogP contribution in [0.15, 0.2) is 44.6 Å². The van der Waals surface area contributed by atoms with Crippen molar-refractivity contribution in [3.8, 4) is 17.0 Å². The molecule has 9 nitrogen and oxygen atoms in total. The standard InChI is InChI=1S/C23H26N5O4PS/c1-3-32-33(31)18-12-16(24-2)6-7-17(18)25-22(27-33)19-21(29)20(15-9-11-34-13-15)26-28(23(19)30)10-8-14-4-5-14/h6-7,9,11-14,24,29H,3-5,8,10H2,1-2H3,(H,25,27,31). The first-order valence-electron chi connectivity index (χ1n) is 11.2. The molecule has 0 saturated heterocycles. The predicted molar refractivity (Wildman–Crippen MR) is 136 cm³/mol. The molecule has 1 fully saturated rings. The molecule has 1 atom stereocenters. The topological polar surface area (TPSA) is 118 Å². The number of hydrogen-bond acceptors (Lipinski definition) is 8. The summed E-state index contributed by atoms with van der Waals surface area (Å²) in [6.07, 6.45) is 3.16. The van der Waals surface area contributed by atoms with Crippen molar-refractivity contribution in [2.24, 2.45) is 10.7 Å². The van der Waals surface area contributed by atoms with Gasteiger partial charge in [0.1, 0.15) is 11.3 Å². The number of anilines is 2. The number of aromatic nitrogens is 2. The first kappa shape index (κ1) is 22.8. The first-order valence-corrected chi connectivity index (χ1v) is 13.8. The van der Waals surface area contributed by atoms with Crippen LogP contribution < -0.4 is 21.5 Å². The third kappa shape index (κ3) is 4.17. The number of rotatable bonds is 8. The maximum absolute atomic E-state index is 13.9. The molecule has 5 rings (SSSR count). The number of amidine groups is 1. The summed E-state index contributed by atoms with van der Waals surface area (Å²) in [6.45, 7) is 2.35. The van der Waals surface area contributed by atoms with E-state index in [2.05, 4.69) is 20.5 Å². The Kier molecular flexibility index (Phi) is 6.06. The zero-order chi connectivity index (χ0) is 23.9. The van der Waals surface area contributed by atoms with Crippen molar-refractivity contribution >= 4 is 41.4 Å². The molecule has 1 saturated carbocycles. The zero-order valence-corrected chi connectivity index (χ0v) is 20.7. The van der Waals surface area contributed by atoms with Gasteiger partial charge in [-0.15, -0.1) is 0 Å². The Morgan fingerprint density at radius 3 is 2.85 bits per heavy atom. The van der Waals surface area contributed by atoms with Gasteiger partial charge in [0.25, 0.3) is 5.56 Å². The molecule has 1 aliphatic heterocycles. The summed E-state index contributed by atoms with van der Waals surface area (Å²) in [5.74, 6) is 0.325. The summed E-state index contributed by atoms with van der Waals surface area (Å²) in [4.78, 5) is 13.5. The van der Waals surface area contributed by atoms with E-state index < -0.39 is 13.1 Å². The molecular formula is C23H26N5O4PS. The van der Waals surface area contributed by atoms with Crippen molar-refractivity contribution in [3.05, 3.63) is 50.9 Å². The van der Waals surface area contributed by atoms with Gasteiger partial charge in [-0.1, -0.05) is 12.8 Å². The van der Waals surface area contributed by atoms with Crippen molar-refractivity contribution in [3.63, 3.8) is 0 Å². The maximum atomic E-state index is 13.9. The van der Waals surface area contributed by atoms with E-state index in [1.165, 1.54) is 16.0 Å². The molecule has 2 aromatic heterocycles. The number of thiophene rings is 1. The smallest absolute Gasteiger partial charge is 0.348 e. The van der Waals surface area contributed by atoms with E-state index in [1.807, 2.05) is 22.9 Å². The van der Waals surface area contributed by atoms with E-state index in [4.69, 9.17) is 4.52 Å². The first-order chi connectivity index (χ1) is 16.4. The van der Waals surface area contributed by atoms with Crippen LogP contribution in [0.4, 0.5) is 11.4 Å². The van der Waals surface area contributed by atoms with Crippen LogP contribution >= 0.6 is 18.9 Å². The number of benzene rings is 1. The lowest BCUT2D eigenvalue weighted by molar-refractivity contribution is 0.341. The van der Waals surface area contributed by atoms with Crippen LogP contribution in [-0.4, -0.2) is 34.4 Å². The van der Waals surface area contributed by atoms with Crippen molar-refractivity contribution in [1.82, 2.24) is 9.78 Å². The predicted octanol–water partition coefficient (Wildman–Crippen LogP) is 4.25. The molecule has 178 valence electrons. The fourth-order valence-corrected chi connectivity index (χ4v) is 6.43. The van der Waals surface area contributed by atoms with Crippen molar-refractivity contribution in [2.75, 3.05) is 24.3 Å². The van der Waals surface area contributed by atoms with E-state index in [9.17, 15) is 14.5 Å². The number of hydrogen-bond donors (Lipinski definition) is 3. The number of nitrogens with one attached hydrogen (secondary N) is 2. The highest BCUT2D eigenvalue weighted by Crippen LogP contribution is 2.52. The van der Waals surface area contributed by atoms with Gasteiger partial charge in [0.2, 0.25) is 0 Å². The normalized spacial score (nSPS) is 19.3. The highest BCUT2D eigenvalue weighted by Gasteiger charge is 2.36. The average Bonchev–Trinajstić information content (AvgIpc) is 3.49. The summed E-state index contributed by atoms with van der Waals surface area (Å²) in [7, 11) is -1.94. The van der Waals surface area contributed by atoms with Gasteiger partial charge in [-0.25, -0.2) is 4.68 Å². The second kappa shape index (κ2) is 9.02. The summed E-state index contributed by atoms with van der Waals surface area (Å²) >= 11 is 1.47. The Balaban J connectivity index is 1.68. The van der Waals surface area contributed by atoms with Gasteiger partial charge in [0, 0.05) is 30.2 Å². The summed E-state index contributed by atoms with van der Waals surface area (Å²) in [5.41, 5.74) is 1.72. The summed E-state index contributed by atoms with van der Waals surface area (Å²) in [6, 6.07) is 7.13. The van der Waals surface area contributed by atoms with Gasteiger partial charge in [-0.3, -0.25) is 9.36 Å². The van der Waals surface area contributed by atoms with Gasteiger partial charge in [-0.2, -0.15) is 21.2 Å². The Labute approximate surface area is 201 Å². The lowest BCUT2D eigenvalue weighted by atomic mass is 10.1. The molecule has 3 N–H and O–H groups in total. The van der Waals surface area contributed by atoms with Gasteiger partial charge < -0.3 is 20.3 Å². The van der Waals surface area contributed by atoms with Crippen molar-refractivity contribution in [1.29, 1.82) is 0 Å². The van der Waals surface area contributed by atoms with Gasteiger partial charge >= 0.3 is 7.52 Å². The van der Waals surface area contributed by atoms with Crippen LogP contribution in [0, 0.1) is 5.92 Å².